The van der Waals surface area contributed by atoms with Gasteiger partial charge in [-0.25, -0.2) is 0 Å². The molecule has 0 atom stereocenters. The topological polar surface area (TPSA) is 68.0 Å². The first-order chi connectivity index (χ1) is 13.3. The minimum Gasteiger partial charge on any atom is -0.323 e. The van der Waals surface area contributed by atoms with Gasteiger partial charge in [-0.05, 0) is 48.9 Å². The Kier molecular flexibility index (Phi) is 4.38. The molecule has 0 aliphatic heterocycles. The molecule has 0 saturated carbocycles. The maximum Gasteiger partial charge on any atom is 0.418 e. The van der Waals surface area contributed by atoms with Crippen molar-refractivity contribution in [3.8, 4) is 11.3 Å². The predicted molar refractivity (Wildman–Crippen MR) is 98.5 cm³/mol. The number of rotatable bonds is 3. The Labute approximate surface area is 162 Å². The first kappa shape index (κ1) is 18.2. The number of aryl methyl sites for hydroxylation is 1. The summed E-state index contributed by atoms with van der Waals surface area (Å²) in [7, 11) is 0. The fourth-order valence-electron chi connectivity index (χ4n) is 2.75. The zero-order chi connectivity index (χ0) is 19.9. The highest BCUT2D eigenvalue weighted by molar-refractivity contribution is 6.30. The van der Waals surface area contributed by atoms with Crippen LogP contribution < -0.4 is 5.32 Å². The maximum absolute atomic E-state index is 13.2. The van der Waals surface area contributed by atoms with Crippen molar-refractivity contribution >= 4 is 28.9 Å². The number of hydrogen-bond donors (Lipinski definition) is 1. The lowest BCUT2D eigenvalue weighted by atomic mass is 10.1. The normalized spacial score (nSPS) is 11.8. The number of alkyl halides is 3. The van der Waals surface area contributed by atoms with Crippen molar-refractivity contribution in [3.63, 3.8) is 0 Å². The second kappa shape index (κ2) is 6.75. The Bertz CT molecular complexity index is 1170. The number of anilines is 2. The molecule has 142 valence electrons. The smallest absolute Gasteiger partial charge is 0.323 e. The monoisotopic (exact) mass is 404 g/mol. The van der Waals surface area contributed by atoms with E-state index in [1.807, 2.05) is 6.92 Å². The van der Waals surface area contributed by atoms with Crippen LogP contribution in [0, 0.1) is 6.92 Å². The van der Waals surface area contributed by atoms with Gasteiger partial charge in [0.25, 0.3) is 0 Å². The Morgan fingerprint density at radius 1 is 1.11 bits per heavy atom. The predicted octanol–water partition coefficient (Wildman–Crippen LogP) is 4.91. The molecule has 10 heteroatoms. The number of fused-ring (bicyclic) bond motifs is 1. The van der Waals surface area contributed by atoms with E-state index < -0.39 is 11.7 Å². The van der Waals surface area contributed by atoms with Crippen LogP contribution in [0.15, 0.2) is 48.8 Å². The number of nitrogens with one attached hydrogen (secondary N) is 1. The van der Waals surface area contributed by atoms with Gasteiger partial charge < -0.3 is 5.32 Å². The van der Waals surface area contributed by atoms with E-state index >= 15 is 0 Å². The average Bonchev–Trinajstić information content (AvgIpc) is 3.05. The van der Waals surface area contributed by atoms with E-state index in [0.717, 1.165) is 17.3 Å². The zero-order valence-corrected chi connectivity index (χ0v) is 15.1. The molecule has 0 aliphatic rings. The summed E-state index contributed by atoms with van der Waals surface area (Å²) in [5.41, 5.74) is 1.08. The van der Waals surface area contributed by atoms with Crippen molar-refractivity contribution < 1.29 is 13.2 Å². The van der Waals surface area contributed by atoms with Gasteiger partial charge in [-0.3, -0.25) is 4.98 Å². The second-order valence-corrected chi connectivity index (χ2v) is 6.46. The summed E-state index contributed by atoms with van der Waals surface area (Å²) in [6, 6.07) is 8.98. The molecule has 0 bridgehead atoms. The molecule has 3 aromatic heterocycles. The lowest BCUT2D eigenvalue weighted by Gasteiger charge is -2.11. The van der Waals surface area contributed by atoms with Gasteiger partial charge in [-0.15, -0.1) is 10.2 Å². The third-order valence-electron chi connectivity index (χ3n) is 4.08. The first-order valence-corrected chi connectivity index (χ1v) is 8.48. The number of pyridine rings is 1. The zero-order valence-electron chi connectivity index (χ0n) is 14.4. The quantitative estimate of drug-likeness (QED) is 0.525. The van der Waals surface area contributed by atoms with Crippen molar-refractivity contribution in [1.82, 2.24) is 24.8 Å². The van der Waals surface area contributed by atoms with Gasteiger partial charge in [0.1, 0.15) is 0 Å². The van der Waals surface area contributed by atoms with Crippen LogP contribution in [0.3, 0.4) is 0 Å². The molecule has 0 fully saturated rings. The molecule has 0 spiro atoms. The SMILES string of the molecule is Cc1cc(Cl)ccc1Nc1nnc2cc(-c3ncccc3C(F)(F)F)cnn12. The summed E-state index contributed by atoms with van der Waals surface area (Å²) in [6.45, 7) is 1.88. The van der Waals surface area contributed by atoms with Crippen molar-refractivity contribution in [1.29, 1.82) is 0 Å². The Balaban J connectivity index is 1.73. The average molecular weight is 405 g/mol. The van der Waals surface area contributed by atoms with E-state index in [9.17, 15) is 13.2 Å². The molecule has 1 aromatic carbocycles. The van der Waals surface area contributed by atoms with E-state index in [4.69, 9.17) is 11.6 Å². The Hall–Kier alpha value is -3.20. The third-order valence-corrected chi connectivity index (χ3v) is 4.32. The van der Waals surface area contributed by atoms with Crippen molar-refractivity contribution in [2.24, 2.45) is 0 Å². The molecule has 4 rings (SSSR count). The molecule has 0 unspecified atom stereocenters. The highest BCUT2D eigenvalue weighted by Crippen LogP contribution is 2.35. The van der Waals surface area contributed by atoms with Gasteiger partial charge in [0, 0.05) is 22.5 Å². The van der Waals surface area contributed by atoms with E-state index in [2.05, 4.69) is 25.6 Å². The first-order valence-electron chi connectivity index (χ1n) is 8.10. The van der Waals surface area contributed by atoms with Gasteiger partial charge in [0.2, 0.25) is 5.95 Å². The van der Waals surface area contributed by atoms with Crippen molar-refractivity contribution in [2.45, 2.75) is 13.1 Å². The molecule has 6 nitrogen and oxygen atoms in total. The fraction of sp³-hybridized carbons (Fsp3) is 0.111. The molecule has 4 aromatic rings. The molecule has 0 aliphatic carbocycles. The van der Waals surface area contributed by atoms with Crippen LogP contribution in [-0.4, -0.2) is 24.8 Å². The minimum absolute atomic E-state index is 0.196. The molecule has 0 amide bonds. The second-order valence-electron chi connectivity index (χ2n) is 6.02. The summed E-state index contributed by atoms with van der Waals surface area (Å²) in [5.74, 6) is 0.323. The van der Waals surface area contributed by atoms with Gasteiger partial charge in [-0.1, -0.05) is 11.6 Å². The van der Waals surface area contributed by atoms with Crippen LogP contribution in [0.2, 0.25) is 5.02 Å². The number of aromatic nitrogens is 5. The summed E-state index contributed by atoms with van der Waals surface area (Å²) >= 11 is 5.96. The van der Waals surface area contributed by atoms with Crippen molar-refractivity contribution in [3.05, 3.63) is 64.9 Å². The number of halogens is 4. The van der Waals surface area contributed by atoms with E-state index in [1.165, 1.54) is 29.0 Å². The third kappa shape index (κ3) is 3.36. The van der Waals surface area contributed by atoms with Crippen LogP contribution in [0.5, 0.6) is 0 Å². The summed E-state index contributed by atoms with van der Waals surface area (Å²) in [4.78, 5) is 3.87. The standard InChI is InChI=1S/C18H12ClF3N6/c1-10-7-12(19)4-5-14(10)25-17-27-26-15-8-11(9-24-28(15)17)16-13(18(20,21)22)3-2-6-23-16/h2-9H,1H3,(H,25,27). The largest absolute Gasteiger partial charge is 0.418 e. The highest BCUT2D eigenvalue weighted by Gasteiger charge is 2.34. The lowest BCUT2D eigenvalue weighted by Crippen LogP contribution is -2.08. The van der Waals surface area contributed by atoms with Crippen LogP contribution in [-0.2, 0) is 6.18 Å². The molecule has 0 saturated heterocycles. The molecule has 28 heavy (non-hydrogen) atoms. The van der Waals surface area contributed by atoms with Crippen LogP contribution >= 0.6 is 11.6 Å². The van der Waals surface area contributed by atoms with E-state index in [-0.39, 0.29) is 16.9 Å². The fourth-order valence-corrected chi connectivity index (χ4v) is 2.98. The van der Waals surface area contributed by atoms with E-state index in [0.29, 0.717) is 11.0 Å². The molecule has 0 radical (unpaired) electrons. The number of hydrogen-bond acceptors (Lipinski definition) is 5. The minimum atomic E-state index is -4.53. The van der Waals surface area contributed by atoms with Crippen LogP contribution in [0.4, 0.5) is 24.8 Å². The van der Waals surface area contributed by atoms with Gasteiger partial charge in [0.05, 0.1) is 17.5 Å². The molecule has 1 N–H and O–H groups in total. The summed E-state index contributed by atoms with van der Waals surface area (Å²) < 4.78 is 41.1. The summed E-state index contributed by atoms with van der Waals surface area (Å²) in [5, 5.41) is 15.9. The Morgan fingerprint density at radius 3 is 2.68 bits per heavy atom. The molecule has 3 heterocycles. The van der Waals surface area contributed by atoms with Gasteiger partial charge >= 0.3 is 6.18 Å². The summed E-state index contributed by atoms with van der Waals surface area (Å²) in [6.07, 6.45) is -1.93. The van der Waals surface area contributed by atoms with E-state index in [1.54, 1.807) is 18.2 Å². The van der Waals surface area contributed by atoms with Gasteiger partial charge in [-0.2, -0.15) is 22.8 Å². The number of benzene rings is 1. The number of nitrogens with zero attached hydrogens (tertiary/aromatic N) is 5. The molecular weight excluding hydrogens is 393 g/mol. The van der Waals surface area contributed by atoms with Gasteiger partial charge in [0.15, 0.2) is 5.65 Å². The van der Waals surface area contributed by atoms with Crippen LogP contribution in [0.1, 0.15) is 11.1 Å². The lowest BCUT2D eigenvalue weighted by molar-refractivity contribution is -0.137. The van der Waals surface area contributed by atoms with Crippen molar-refractivity contribution in [2.75, 3.05) is 5.32 Å². The Morgan fingerprint density at radius 2 is 1.93 bits per heavy atom. The van der Waals surface area contributed by atoms with Crippen LogP contribution in [0.25, 0.3) is 16.9 Å². The molecular formula is C18H12ClF3N6. The highest BCUT2D eigenvalue weighted by atomic mass is 35.5. The maximum atomic E-state index is 13.2.